The van der Waals surface area contributed by atoms with Gasteiger partial charge in [0.05, 0.1) is 22.7 Å². The topological polar surface area (TPSA) is 6.48 Å². The summed E-state index contributed by atoms with van der Waals surface area (Å²) in [5, 5.41) is 0. The van der Waals surface area contributed by atoms with Crippen molar-refractivity contribution in [1.82, 2.24) is 0 Å². The Kier molecular flexibility index (Phi) is 9.82. The van der Waals surface area contributed by atoms with Gasteiger partial charge in [-0.15, -0.1) is 0 Å². The quantitative estimate of drug-likeness (QED) is 0.174. The molecule has 1 atom stereocenters. The molecule has 0 saturated heterocycles. The highest BCUT2D eigenvalue weighted by atomic mass is 15.2. The van der Waals surface area contributed by atoms with Gasteiger partial charge in [-0.3, -0.25) is 0 Å². The second kappa shape index (κ2) is 14.5. The number of rotatable bonds is 4. The van der Waals surface area contributed by atoms with E-state index in [1.54, 1.807) is 5.56 Å². The Morgan fingerprint density at radius 1 is 0.414 bits per heavy atom. The van der Waals surface area contributed by atoms with Crippen LogP contribution in [0.25, 0.3) is 0 Å². The van der Waals surface area contributed by atoms with Crippen molar-refractivity contribution in [1.29, 1.82) is 0 Å². The first-order chi connectivity index (χ1) is 32.4. The number of hydrogen-bond acceptors (Lipinski definition) is 2. The predicted octanol–water partition coefficient (Wildman–Crippen LogP) is 18.9. The lowest BCUT2D eigenvalue weighted by Crippen LogP contribution is -2.36. The van der Waals surface area contributed by atoms with E-state index in [-0.39, 0.29) is 49.2 Å². The highest BCUT2D eigenvalue weighted by molar-refractivity contribution is 5.98. The summed E-state index contributed by atoms with van der Waals surface area (Å²) in [7, 11) is 0. The van der Waals surface area contributed by atoms with Gasteiger partial charge in [0.25, 0.3) is 0 Å². The van der Waals surface area contributed by atoms with Crippen molar-refractivity contribution in [2.45, 2.75) is 206 Å². The van der Waals surface area contributed by atoms with Crippen LogP contribution in [0.2, 0.25) is 0 Å². The first-order valence-electron chi connectivity index (χ1n) is 26.9. The molecule has 2 aliphatic heterocycles. The largest absolute Gasteiger partial charge is 0.310 e. The molecule has 70 heavy (non-hydrogen) atoms. The molecule has 0 saturated carbocycles. The molecular formula is C68H82N2. The van der Waals surface area contributed by atoms with E-state index in [2.05, 4.69) is 238 Å². The maximum atomic E-state index is 2.77. The average Bonchev–Trinajstić information content (AvgIpc) is 3.57. The highest BCUT2D eigenvalue weighted by Crippen LogP contribution is 2.65. The number of nitrogens with zero attached hydrogens (tertiary/aromatic N) is 2. The fourth-order valence-corrected chi connectivity index (χ4v) is 15.4. The summed E-state index contributed by atoms with van der Waals surface area (Å²) >= 11 is 0. The molecule has 3 aliphatic carbocycles. The second-order valence-corrected chi connectivity index (χ2v) is 28.5. The molecule has 0 spiro atoms. The number of fused-ring (bicyclic) bond motifs is 7. The molecule has 5 aliphatic rings. The third kappa shape index (κ3) is 6.69. The minimum absolute atomic E-state index is 0.0197. The molecule has 2 heteroatoms. The number of benzene rings is 6. The fraction of sp³-hybridized carbons (Fsp3) is 0.471. The number of hydrogen-bond donors (Lipinski definition) is 0. The van der Waals surface area contributed by atoms with Crippen molar-refractivity contribution in [3.63, 3.8) is 0 Å². The molecule has 11 rings (SSSR count). The summed E-state index contributed by atoms with van der Waals surface area (Å²) in [6, 6.07) is 39.6. The van der Waals surface area contributed by atoms with Gasteiger partial charge in [0.2, 0.25) is 0 Å². The normalized spacial score (nSPS) is 21.3. The standard InChI is InChI=1S/C68H82N2/c1-40-31-48-50(66(14,15)38-64(48,10)11)36-54(40)70-55-37-51-49(65(12,13)39-67(51,16)17)35-46(55)58-45-32-43(68(18,19)42-23-21-20-22-24-42)25-27-53(45)69(56-33-44(61(3,4)5)34-57(70)59(56)58)52-28-26-47-60(41(52)2)63(8,9)30-29-62(47,6)7/h20-28,31-37,58H,29-30,38-39H2,1-19H3. The zero-order chi connectivity index (χ0) is 50.4. The smallest absolute Gasteiger partial charge is 0.0527 e. The first-order valence-corrected chi connectivity index (χ1v) is 26.9. The third-order valence-electron chi connectivity index (χ3n) is 19.0. The molecule has 0 fully saturated rings. The maximum absolute atomic E-state index is 2.77. The molecule has 6 aromatic carbocycles. The third-order valence-corrected chi connectivity index (χ3v) is 19.0. The van der Waals surface area contributed by atoms with Crippen molar-refractivity contribution in [2.75, 3.05) is 9.80 Å². The second-order valence-electron chi connectivity index (χ2n) is 28.5. The molecule has 0 radical (unpaired) electrons. The van der Waals surface area contributed by atoms with Crippen LogP contribution in [-0.4, -0.2) is 0 Å². The summed E-state index contributed by atoms with van der Waals surface area (Å²) in [5.41, 5.74) is 28.2. The van der Waals surface area contributed by atoms with E-state index in [1.165, 1.54) is 119 Å². The van der Waals surface area contributed by atoms with Crippen LogP contribution in [-0.2, 0) is 43.3 Å². The predicted molar refractivity (Wildman–Crippen MR) is 300 cm³/mol. The summed E-state index contributed by atoms with van der Waals surface area (Å²) in [6.45, 7) is 46.7. The van der Waals surface area contributed by atoms with Gasteiger partial charge < -0.3 is 9.80 Å². The van der Waals surface area contributed by atoms with Crippen molar-refractivity contribution in [3.05, 3.63) is 175 Å². The summed E-state index contributed by atoms with van der Waals surface area (Å²) < 4.78 is 0. The Hall–Kier alpha value is -5.08. The Morgan fingerprint density at radius 3 is 1.50 bits per heavy atom. The Bertz CT molecular complexity index is 3190. The van der Waals surface area contributed by atoms with E-state index in [4.69, 9.17) is 0 Å². The molecule has 0 amide bonds. The van der Waals surface area contributed by atoms with Gasteiger partial charge in [0, 0.05) is 28.3 Å². The van der Waals surface area contributed by atoms with Crippen LogP contribution in [0.5, 0.6) is 0 Å². The van der Waals surface area contributed by atoms with Crippen molar-refractivity contribution < 1.29 is 0 Å². The molecule has 0 bridgehead atoms. The van der Waals surface area contributed by atoms with Gasteiger partial charge >= 0.3 is 0 Å². The van der Waals surface area contributed by atoms with Crippen LogP contribution in [0.1, 0.15) is 227 Å². The van der Waals surface area contributed by atoms with E-state index in [0.29, 0.717) is 0 Å². The average molecular weight is 927 g/mol. The molecule has 0 N–H and O–H groups in total. The van der Waals surface area contributed by atoms with E-state index in [1.807, 2.05) is 0 Å². The minimum atomic E-state index is -0.215. The lowest BCUT2D eigenvalue weighted by atomic mass is 9.62. The van der Waals surface area contributed by atoms with Gasteiger partial charge in [0.1, 0.15) is 0 Å². The lowest BCUT2D eigenvalue weighted by molar-refractivity contribution is 0.330. The molecule has 2 heterocycles. The fourth-order valence-electron chi connectivity index (χ4n) is 15.4. The van der Waals surface area contributed by atoms with Gasteiger partial charge in [-0.2, -0.15) is 0 Å². The lowest BCUT2D eigenvalue weighted by Gasteiger charge is -2.48. The van der Waals surface area contributed by atoms with Crippen LogP contribution >= 0.6 is 0 Å². The van der Waals surface area contributed by atoms with Crippen LogP contribution < -0.4 is 9.80 Å². The summed E-state index contributed by atoms with van der Waals surface area (Å²) in [6.07, 6.45) is 4.65. The molecule has 1 unspecified atom stereocenters. The van der Waals surface area contributed by atoms with Crippen molar-refractivity contribution in [2.24, 2.45) is 0 Å². The van der Waals surface area contributed by atoms with Gasteiger partial charge in [-0.25, -0.2) is 0 Å². The summed E-state index contributed by atoms with van der Waals surface area (Å²) in [5.74, 6) is 0.0197. The first kappa shape index (κ1) is 47.3. The van der Waals surface area contributed by atoms with Gasteiger partial charge in [-0.1, -0.05) is 178 Å². The van der Waals surface area contributed by atoms with Crippen molar-refractivity contribution >= 4 is 34.1 Å². The zero-order valence-corrected chi connectivity index (χ0v) is 46.5. The molecule has 364 valence electrons. The molecule has 6 aromatic rings. The Labute approximate surface area is 423 Å². The van der Waals surface area contributed by atoms with Gasteiger partial charge in [0.15, 0.2) is 0 Å². The van der Waals surface area contributed by atoms with E-state index in [0.717, 1.165) is 12.8 Å². The SMILES string of the molecule is Cc1cc2c(cc1N1c3cc4c(cc3C3c5cc(C(C)(C)c6ccccc6)ccc5N(c5ccc6c(c5C)C(C)(C)CCC6(C)C)c5cc(C(C)(C)C)cc1c53)C(C)(C)CC4(C)C)C(C)(C)CC2(C)C. The Morgan fingerprint density at radius 2 is 0.914 bits per heavy atom. The Balaban J connectivity index is 1.30. The van der Waals surface area contributed by atoms with Crippen LogP contribution in [0.4, 0.5) is 34.1 Å². The summed E-state index contributed by atoms with van der Waals surface area (Å²) in [4.78, 5) is 5.50. The zero-order valence-electron chi connectivity index (χ0n) is 46.5. The van der Waals surface area contributed by atoms with Gasteiger partial charge in [-0.05, 0) is 186 Å². The molecular weight excluding hydrogens is 845 g/mol. The monoisotopic (exact) mass is 927 g/mol. The van der Waals surface area contributed by atoms with Crippen LogP contribution in [0, 0.1) is 13.8 Å². The van der Waals surface area contributed by atoms with E-state index < -0.39 is 0 Å². The minimum Gasteiger partial charge on any atom is -0.310 e. The maximum Gasteiger partial charge on any atom is 0.0527 e. The van der Waals surface area contributed by atoms with Crippen molar-refractivity contribution in [3.8, 4) is 0 Å². The highest BCUT2D eigenvalue weighted by Gasteiger charge is 2.50. The molecule has 2 nitrogen and oxygen atoms in total. The van der Waals surface area contributed by atoms with E-state index in [9.17, 15) is 0 Å². The molecule has 0 aromatic heterocycles. The number of anilines is 6. The number of aryl methyl sites for hydroxylation is 1. The van der Waals surface area contributed by atoms with E-state index >= 15 is 0 Å². The van der Waals surface area contributed by atoms with Crippen LogP contribution in [0.15, 0.2) is 97.1 Å². The van der Waals surface area contributed by atoms with Crippen LogP contribution in [0.3, 0.4) is 0 Å².